The molecule has 2 heterocycles. The highest BCUT2D eigenvalue weighted by Gasteiger charge is 2.23. The largest absolute Gasteiger partial charge is 0.314 e. The Kier molecular flexibility index (Phi) is 3.38. The fourth-order valence-corrected chi connectivity index (χ4v) is 2.02. The molecule has 0 saturated carbocycles. The first-order valence-electron chi connectivity index (χ1n) is 5.80. The fourth-order valence-electron chi connectivity index (χ4n) is 2.02. The Labute approximate surface area is 91.3 Å². The van der Waals surface area contributed by atoms with E-state index in [9.17, 15) is 0 Å². The fraction of sp³-hybridized carbons (Fsp3) is 0.727. The lowest BCUT2D eigenvalue weighted by Gasteiger charge is -2.37. The quantitative estimate of drug-likeness (QED) is 0.773. The van der Waals surface area contributed by atoms with E-state index in [0.717, 1.165) is 38.8 Å². The molecule has 1 aromatic rings. The van der Waals surface area contributed by atoms with Crippen molar-refractivity contribution in [2.75, 3.05) is 19.6 Å². The molecule has 1 N–H and O–H groups in total. The maximum Gasteiger partial charge on any atom is 0.0524 e. The molecule has 2 rings (SSSR count). The molecule has 0 aliphatic carbocycles. The van der Waals surface area contributed by atoms with Crippen molar-refractivity contribution in [3.05, 3.63) is 18.0 Å². The molecular formula is C11H20N4. The van der Waals surface area contributed by atoms with Crippen molar-refractivity contribution in [3.8, 4) is 0 Å². The van der Waals surface area contributed by atoms with E-state index in [1.165, 1.54) is 5.69 Å². The normalized spacial score (nSPS) is 17.0. The van der Waals surface area contributed by atoms with Crippen LogP contribution in [0.15, 0.2) is 12.3 Å². The summed E-state index contributed by atoms with van der Waals surface area (Å²) in [5.41, 5.74) is 1.33. The van der Waals surface area contributed by atoms with Gasteiger partial charge in [-0.2, -0.15) is 5.10 Å². The monoisotopic (exact) mass is 208 g/mol. The van der Waals surface area contributed by atoms with Crippen LogP contribution in [0.4, 0.5) is 0 Å². The van der Waals surface area contributed by atoms with Gasteiger partial charge in [-0.1, -0.05) is 6.92 Å². The molecule has 0 spiro atoms. The van der Waals surface area contributed by atoms with Gasteiger partial charge in [0.1, 0.15) is 0 Å². The molecule has 0 amide bonds. The first-order valence-corrected chi connectivity index (χ1v) is 5.80. The Balaban J connectivity index is 1.99. The minimum atomic E-state index is 0.718. The van der Waals surface area contributed by atoms with Crippen LogP contribution in [0.2, 0.25) is 0 Å². The Bertz CT molecular complexity index is 303. The average molecular weight is 208 g/mol. The van der Waals surface area contributed by atoms with Crippen LogP contribution in [-0.2, 0) is 13.1 Å². The molecule has 4 heteroatoms. The van der Waals surface area contributed by atoms with Gasteiger partial charge in [0.05, 0.1) is 5.69 Å². The van der Waals surface area contributed by atoms with Crippen LogP contribution in [0.25, 0.3) is 0 Å². The number of rotatable bonds is 5. The summed E-state index contributed by atoms with van der Waals surface area (Å²) >= 11 is 0. The zero-order valence-electron chi connectivity index (χ0n) is 9.61. The van der Waals surface area contributed by atoms with Gasteiger partial charge < -0.3 is 5.32 Å². The number of hydrogen-bond donors (Lipinski definition) is 1. The van der Waals surface area contributed by atoms with Crippen LogP contribution in [0.3, 0.4) is 0 Å². The summed E-state index contributed by atoms with van der Waals surface area (Å²) in [5.74, 6) is 0. The SMILES string of the molecule is CCN(Cc1ccnn1CC)C1CNC1. The van der Waals surface area contributed by atoms with Crippen LogP contribution in [-0.4, -0.2) is 40.4 Å². The zero-order chi connectivity index (χ0) is 10.7. The highest BCUT2D eigenvalue weighted by molar-refractivity contribution is 5.01. The Morgan fingerprint density at radius 3 is 2.87 bits per heavy atom. The van der Waals surface area contributed by atoms with Gasteiger partial charge in [-0.15, -0.1) is 0 Å². The van der Waals surface area contributed by atoms with E-state index in [0.29, 0.717) is 0 Å². The van der Waals surface area contributed by atoms with Gasteiger partial charge >= 0.3 is 0 Å². The molecule has 84 valence electrons. The van der Waals surface area contributed by atoms with Crippen LogP contribution in [0.5, 0.6) is 0 Å². The Hall–Kier alpha value is -0.870. The van der Waals surface area contributed by atoms with Crippen molar-refractivity contribution < 1.29 is 0 Å². The highest BCUT2D eigenvalue weighted by atomic mass is 15.3. The van der Waals surface area contributed by atoms with Crippen LogP contribution < -0.4 is 5.32 Å². The molecule has 0 unspecified atom stereocenters. The molecule has 1 aliphatic heterocycles. The summed E-state index contributed by atoms with van der Waals surface area (Å²) in [4.78, 5) is 2.51. The summed E-state index contributed by atoms with van der Waals surface area (Å²) < 4.78 is 2.08. The lowest BCUT2D eigenvalue weighted by molar-refractivity contribution is 0.141. The van der Waals surface area contributed by atoms with Gasteiger partial charge in [0.25, 0.3) is 0 Å². The smallest absolute Gasteiger partial charge is 0.0524 e. The van der Waals surface area contributed by atoms with Gasteiger partial charge in [0.2, 0.25) is 0 Å². The molecule has 0 radical (unpaired) electrons. The average Bonchev–Trinajstić information content (AvgIpc) is 2.61. The minimum Gasteiger partial charge on any atom is -0.314 e. The third-order valence-corrected chi connectivity index (χ3v) is 3.15. The molecule has 0 aromatic carbocycles. The molecule has 1 fully saturated rings. The second-order valence-electron chi connectivity index (χ2n) is 4.01. The Morgan fingerprint density at radius 2 is 2.33 bits per heavy atom. The summed E-state index contributed by atoms with van der Waals surface area (Å²) in [5, 5.41) is 7.62. The molecule has 1 aliphatic rings. The maximum absolute atomic E-state index is 4.30. The van der Waals surface area contributed by atoms with Crippen molar-refractivity contribution in [3.63, 3.8) is 0 Å². The number of aryl methyl sites for hydroxylation is 1. The molecular weight excluding hydrogens is 188 g/mol. The van der Waals surface area contributed by atoms with Gasteiger partial charge in [0.15, 0.2) is 0 Å². The molecule has 1 aromatic heterocycles. The second-order valence-corrected chi connectivity index (χ2v) is 4.01. The third kappa shape index (κ3) is 2.21. The summed E-state index contributed by atoms with van der Waals surface area (Å²) in [7, 11) is 0. The van der Waals surface area contributed by atoms with Crippen molar-refractivity contribution >= 4 is 0 Å². The van der Waals surface area contributed by atoms with Crippen LogP contribution in [0, 0.1) is 0 Å². The van der Waals surface area contributed by atoms with Crippen molar-refractivity contribution in [2.45, 2.75) is 33.0 Å². The maximum atomic E-state index is 4.30. The van der Waals surface area contributed by atoms with E-state index in [1.54, 1.807) is 0 Å². The predicted molar refractivity (Wildman–Crippen MR) is 60.6 cm³/mol. The third-order valence-electron chi connectivity index (χ3n) is 3.15. The van der Waals surface area contributed by atoms with E-state index >= 15 is 0 Å². The molecule has 15 heavy (non-hydrogen) atoms. The van der Waals surface area contributed by atoms with E-state index < -0.39 is 0 Å². The van der Waals surface area contributed by atoms with Crippen molar-refractivity contribution in [1.82, 2.24) is 20.0 Å². The summed E-state index contributed by atoms with van der Waals surface area (Å²) in [6.45, 7) is 9.73. The zero-order valence-corrected chi connectivity index (χ0v) is 9.61. The van der Waals surface area contributed by atoms with E-state index in [4.69, 9.17) is 0 Å². The standard InChI is InChI=1S/C11H20N4/c1-3-14(11-7-12-8-11)9-10-5-6-13-15(10)4-2/h5-6,11-12H,3-4,7-9H2,1-2H3. The topological polar surface area (TPSA) is 33.1 Å². The number of nitrogens with zero attached hydrogens (tertiary/aromatic N) is 3. The van der Waals surface area contributed by atoms with Gasteiger partial charge in [-0.3, -0.25) is 9.58 Å². The van der Waals surface area contributed by atoms with E-state index in [1.807, 2.05) is 6.20 Å². The van der Waals surface area contributed by atoms with Crippen LogP contribution >= 0.6 is 0 Å². The predicted octanol–water partition coefficient (Wildman–Crippen LogP) is 0.697. The number of nitrogens with one attached hydrogen (secondary N) is 1. The highest BCUT2D eigenvalue weighted by Crippen LogP contribution is 2.10. The van der Waals surface area contributed by atoms with Gasteiger partial charge in [0, 0.05) is 38.4 Å². The first-order chi connectivity index (χ1) is 7.35. The molecule has 0 atom stereocenters. The lowest BCUT2D eigenvalue weighted by atomic mass is 10.1. The number of likely N-dealkylation sites (N-methyl/N-ethyl adjacent to an activating group) is 1. The van der Waals surface area contributed by atoms with E-state index in [-0.39, 0.29) is 0 Å². The molecule has 1 saturated heterocycles. The molecule has 0 bridgehead atoms. The van der Waals surface area contributed by atoms with Gasteiger partial charge in [-0.05, 0) is 19.5 Å². The van der Waals surface area contributed by atoms with E-state index in [2.05, 4.69) is 39.9 Å². The molecule has 4 nitrogen and oxygen atoms in total. The summed E-state index contributed by atoms with van der Waals surface area (Å²) in [6, 6.07) is 2.84. The lowest BCUT2D eigenvalue weighted by Crippen LogP contribution is -2.56. The van der Waals surface area contributed by atoms with Crippen LogP contribution in [0.1, 0.15) is 19.5 Å². The Morgan fingerprint density at radius 1 is 1.53 bits per heavy atom. The number of hydrogen-bond acceptors (Lipinski definition) is 3. The van der Waals surface area contributed by atoms with Crippen molar-refractivity contribution in [1.29, 1.82) is 0 Å². The first kappa shape index (κ1) is 10.6. The summed E-state index contributed by atoms with van der Waals surface area (Å²) in [6.07, 6.45) is 1.89. The second kappa shape index (κ2) is 4.77. The minimum absolute atomic E-state index is 0.718. The number of aromatic nitrogens is 2. The van der Waals surface area contributed by atoms with Gasteiger partial charge in [-0.25, -0.2) is 0 Å². The van der Waals surface area contributed by atoms with Crippen molar-refractivity contribution in [2.24, 2.45) is 0 Å².